The number of rotatable bonds is 6. The van der Waals surface area contributed by atoms with Crippen molar-refractivity contribution in [2.24, 2.45) is 0 Å². The number of anilines is 4. The zero-order chi connectivity index (χ0) is 33.4. The maximum Gasteiger partial charge on any atom is 0.0932 e. The number of nitrogens with one attached hydrogen (secondary N) is 4. The quantitative estimate of drug-likeness (QED) is 0.135. The summed E-state index contributed by atoms with van der Waals surface area (Å²) in [5, 5.41) is 9.24. The van der Waals surface area contributed by atoms with E-state index in [1.165, 1.54) is 11.1 Å². The van der Waals surface area contributed by atoms with E-state index < -0.39 is 0 Å². The molecule has 0 aliphatic carbocycles. The summed E-state index contributed by atoms with van der Waals surface area (Å²) in [7, 11) is 0. The number of halogens is 2. The van der Waals surface area contributed by atoms with Gasteiger partial charge in [-0.15, -0.1) is 24.8 Å². The van der Waals surface area contributed by atoms with Gasteiger partial charge in [0.1, 0.15) is 0 Å². The number of pyridine rings is 2. The van der Waals surface area contributed by atoms with E-state index in [1.54, 1.807) is 12.7 Å². The van der Waals surface area contributed by atoms with E-state index in [0.717, 1.165) is 78.0 Å². The Morgan fingerprint density at radius 3 is 1.22 bits per heavy atom. The lowest BCUT2D eigenvalue weighted by atomic mass is 10.0. The van der Waals surface area contributed by atoms with Crippen LogP contribution in [0.3, 0.4) is 0 Å². The third kappa shape index (κ3) is 8.07. The minimum Gasteiger partial charge on any atom is -0.412 e. The highest BCUT2D eigenvalue weighted by molar-refractivity contribution is 6.11. The van der Waals surface area contributed by atoms with E-state index in [4.69, 9.17) is 0 Å². The van der Waals surface area contributed by atoms with Gasteiger partial charge in [-0.3, -0.25) is 9.97 Å². The normalized spacial score (nSPS) is 10.8. The van der Waals surface area contributed by atoms with Crippen molar-refractivity contribution in [1.29, 1.82) is 0 Å². The fourth-order valence-corrected chi connectivity index (χ4v) is 6.15. The lowest BCUT2D eigenvalue weighted by Gasteiger charge is -2.13. The first kappa shape index (κ1) is 38.6. The maximum atomic E-state index is 4.66. The molecule has 0 aliphatic heterocycles. The lowest BCUT2D eigenvalue weighted by Crippen LogP contribution is -1.96. The molecule has 4 aromatic carbocycles. The van der Waals surface area contributed by atoms with E-state index in [1.807, 2.05) is 38.1 Å². The number of hydrogen-bond acceptors (Lipinski definition) is 6. The number of H-pyrrole nitrogens is 2. The summed E-state index contributed by atoms with van der Waals surface area (Å²) in [6.45, 7) is 12.9. The smallest absolute Gasteiger partial charge is 0.0932 e. The van der Waals surface area contributed by atoms with Crippen LogP contribution in [0, 0.1) is 13.8 Å². The SMILES string of the molecule is Cc1cc(Nc2ccc(C(C)C)cc2)c2c(ccc3nc[nH]c32)n1.Cc1cc(Nc2ccc(C(C)C)cc2)c2c(ccc3nc[nH]c32)n1.Cl.Cl.O. The Morgan fingerprint density at radius 2 is 0.863 bits per heavy atom. The Balaban J connectivity index is 0.000000216. The Kier molecular flexibility index (Phi) is 12.3. The Labute approximate surface area is 309 Å². The van der Waals surface area contributed by atoms with E-state index in [2.05, 4.69) is 129 Å². The highest BCUT2D eigenvalue weighted by Gasteiger charge is 2.12. The van der Waals surface area contributed by atoms with Crippen LogP contribution in [0.1, 0.15) is 62.0 Å². The number of aromatic nitrogens is 6. The number of nitrogens with zero attached hydrogens (tertiary/aromatic N) is 4. The molecule has 0 atom stereocenters. The minimum absolute atomic E-state index is 0. The van der Waals surface area contributed by atoms with Gasteiger partial charge in [-0.25, -0.2) is 9.97 Å². The Hall–Kier alpha value is -5.22. The number of fused-ring (bicyclic) bond motifs is 6. The van der Waals surface area contributed by atoms with E-state index >= 15 is 0 Å². The Bertz CT molecular complexity index is 2210. The van der Waals surface area contributed by atoms with Gasteiger partial charge >= 0.3 is 0 Å². The van der Waals surface area contributed by atoms with Crippen LogP contribution >= 0.6 is 24.8 Å². The molecule has 0 fully saturated rings. The van der Waals surface area contributed by atoms with Gasteiger partial charge in [-0.1, -0.05) is 52.0 Å². The van der Waals surface area contributed by atoms with Crippen molar-refractivity contribution in [2.75, 3.05) is 10.6 Å². The molecule has 0 amide bonds. The van der Waals surface area contributed by atoms with Crippen LogP contribution in [0.5, 0.6) is 0 Å². The average Bonchev–Trinajstić information content (AvgIpc) is 3.75. The first-order chi connectivity index (χ1) is 23.2. The van der Waals surface area contributed by atoms with Crippen molar-refractivity contribution in [1.82, 2.24) is 29.9 Å². The van der Waals surface area contributed by atoms with Gasteiger partial charge in [-0.2, -0.15) is 0 Å². The van der Waals surface area contributed by atoms with Crippen molar-refractivity contribution < 1.29 is 5.48 Å². The summed E-state index contributed by atoms with van der Waals surface area (Å²) in [6.07, 6.45) is 3.45. The largest absolute Gasteiger partial charge is 0.412 e. The third-order valence-electron chi connectivity index (χ3n) is 8.70. The third-order valence-corrected chi connectivity index (χ3v) is 8.70. The molecule has 0 unspecified atom stereocenters. The fraction of sp³-hybridized carbons (Fsp3) is 0.200. The van der Waals surface area contributed by atoms with Crippen molar-refractivity contribution in [3.8, 4) is 0 Å². The molecule has 8 aromatic rings. The molecule has 0 bridgehead atoms. The summed E-state index contributed by atoms with van der Waals surface area (Å²) in [4.78, 5) is 24.5. The van der Waals surface area contributed by atoms with Gasteiger partial charge in [0, 0.05) is 33.5 Å². The first-order valence-corrected chi connectivity index (χ1v) is 16.4. The Morgan fingerprint density at radius 1 is 0.510 bits per heavy atom. The molecule has 11 heteroatoms. The lowest BCUT2D eigenvalue weighted by molar-refractivity contribution is 0.824. The first-order valence-electron chi connectivity index (χ1n) is 16.4. The van der Waals surface area contributed by atoms with Crippen molar-refractivity contribution in [3.05, 3.63) is 120 Å². The fourth-order valence-electron chi connectivity index (χ4n) is 6.15. The highest BCUT2D eigenvalue weighted by Crippen LogP contribution is 2.33. The van der Waals surface area contributed by atoms with E-state index in [-0.39, 0.29) is 30.3 Å². The molecule has 9 nitrogen and oxygen atoms in total. The maximum absolute atomic E-state index is 4.66. The van der Waals surface area contributed by atoms with Crippen LogP contribution in [0.25, 0.3) is 43.9 Å². The van der Waals surface area contributed by atoms with E-state index in [9.17, 15) is 0 Å². The second-order valence-corrected chi connectivity index (χ2v) is 12.9. The number of benzene rings is 4. The molecule has 8 rings (SSSR count). The summed E-state index contributed by atoms with van der Waals surface area (Å²) in [5.41, 5.74) is 14.8. The minimum atomic E-state index is 0. The summed E-state index contributed by atoms with van der Waals surface area (Å²) in [6, 6.07) is 29.4. The van der Waals surface area contributed by atoms with Gasteiger partial charge in [0.25, 0.3) is 0 Å². The molecule has 0 saturated heterocycles. The standard InChI is InChI=1S/2C20H20N4.2ClH.H2O/c2*1-12(2)14-4-6-15(7-5-14)24-18-10-13(3)23-16-8-9-17-20(19(16)18)22-11-21-17;;;/h2*4-12H,1-3H3,(H,21,22)(H,23,24);2*1H;1H2. The van der Waals surface area contributed by atoms with Crippen LogP contribution in [-0.4, -0.2) is 35.4 Å². The van der Waals surface area contributed by atoms with Crippen LogP contribution < -0.4 is 10.6 Å². The van der Waals surface area contributed by atoms with Crippen molar-refractivity contribution in [2.45, 2.75) is 53.4 Å². The number of aromatic amines is 2. The molecule has 0 aliphatic rings. The zero-order valence-corrected chi connectivity index (χ0v) is 31.1. The van der Waals surface area contributed by atoms with Crippen LogP contribution in [0.15, 0.2) is 97.6 Å². The number of aryl methyl sites for hydroxylation is 2. The molecular formula is C40H44Cl2N8O. The molecule has 0 saturated carbocycles. The molecule has 4 heterocycles. The van der Waals surface area contributed by atoms with E-state index in [0.29, 0.717) is 11.8 Å². The number of imidazole rings is 2. The summed E-state index contributed by atoms with van der Waals surface area (Å²) < 4.78 is 0. The molecule has 0 radical (unpaired) electrons. The van der Waals surface area contributed by atoms with Gasteiger partial charge < -0.3 is 26.1 Å². The predicted octanol–water partition coefficient (Wildman–Crippen LogP) is 10.6. The van der Waals surface area contributed by atoms with Gasteiger partial charge in [-0.05, 0) is 97.5 Å². The zero-order valence-electron chi connectivity index (χ0n) is 29.5. The average molecular weight is 724 g/mol. The topological polar surface area (TPSA) is 139 Å². The second kappa shape index (κ2) is 16.2. The second-order valence-electron chi connectivity index (χ2n) is 12.9. The monoisotopic (exact) mass is 722 g/mol. The summed E-state index contributed by atoms with van der Waals surface area (Å²) >= 11 is 0. The van der Waals surface area contributed by atoms with Crippen LogP contribution in [-0.2, 0) is 0 Å². The molecular weight excluding hydrogens is 679 g/mol. The summed E-state index contributed by atoms with van der Waals surface area (Å²) in [5.74, 6) is 1.07. The molecule has 0 spiro atoms. The van der Waals surface area contributed by atoms with Gasteiger partial charge in [0.05, 0.1) is 57.1 Å². The molecule has 6 N–H and O–H groups in total. The van der Waals surface area contributed by atoms with Crippen LogP contribution in [0.2, 0.25) is 0 Å². The molecule has 4 aromatic heterocycles. The van der Waals surface area contributed by atoms with Crippen molar-refractivity contribution >= 4 is 91.4 Å². The van der Waals surface area contributed by atoms with Gasteiger partial charge in [0.15, 0.2) is 0 Å². The molecule has 264 valence electrons. The van der Waals surface area contributed by atoms with Crippen molar-refractivity contribution in [3.63, 3.8) is 0 Å². The predicted molar refractivity (Wildman–Crippen MR) is 218 cm³/mol. The van der Waals surface area contributed by atoms with Crippen LogP contribution in [0.4, 0.5) is 22.7 Å². The van der Waals surface area contributed by atoms with Gasteiger partial charge in [0.2, 0.25) is 0 Å². The molecule has 51 heavy (non-hydrogen) atoms. The highest BCUT2D eigenvalue weighted by atomic mass is 35.5. The number of hydrogen-bond donors (Lipinski definition) is 4.